The summed E-state index contributed by atoms with van der Waals surface area (Å²) in [7, 11) is 0. The van der Waals surface area contributed by atoms with Crippen LogP contribution in [0.1, 0.15) is 194 Å². The molecule has 0 heterocycles. The molecule has 0 atom stereocenters. The van der Waals surface area contributed by atoms with Crippen molar-refractivity contribution < 1.29 is 47.3 Å². The molecule has 0 aromatic heterocycles. The molecular weight excluding hydrogens is 604 g/mol. The van der Waals surface area contributed by atoms with Crippen LogP contribution < -0.4 is 10.2 Å². The van der Waals surface area contributed by atoms with Gasteiger partial charge in [0, 0.05) is 11.9 Å². The number of aliphatic carboxylic acids is 2. The van der Waals surface area contributed by atoms with E-state index < -0.39 is 11.9 Å². The first-order valence-electron chi connectivity index (χ1n) is 17.4. The van der Waals surface area contributed by atoms with Gasteiger partial charge in [-0.25, -0.2) is 0 Å². The maximum absolute atomic E-state index is 10.2. The van der Waals surface area contributed by atoms with Crippen molar-refractivity contribution in [1.82, 2.24) is 0 Å². The number of hydrogen-bond acceptors (Lipinski definition) is 5. The van der Waals surface area contributed by atoms with Crippen LogP contribution in [0, 0.1) is 0 Å². The topological polar surface area (TPSA) is 97.3 Å². The second-order valence-electron chi connectivity index (χ2n) is 11.4. The van der Waals surface area contributed by atoms with E-state index in [0.717, 1.165) is 38.5 Å². The second kappa shape index (κ2) is 44.5. The second-order valence-corrected chi connectivity index (χ2v) is 11.4. The van der Waals surface area contributed by atoms with Crippen molar-refractivity contribution in [3.63, 3.8) is 0 Å². The molecule has 0 rings (SSSR count). The van der Waals surface area contributed by atoms with Crippen LogP contribution in [-0.2, 0) is 37.1 Å². The molecule has 0 amide bonds. The van der Waals surface area contributed by atoms with Crippen LogP contribution >= 0.6 is 0 Å². The van der Waals surface area contributed by atoms with Crippen molar-refractivity contribution >= 4 is 11.9 Å². The van der Waals surface area contributed by atoms with E-state index in [9.17, 15) is 19.8 Å². The summed E-state index contributed by atoms with van der Waals surface area (Å²) in [6.07, 6.45) is 41.8. The van der Waals surface area contributed by atoms with Gasteiger partial charge in [-0.3, -0.25) is 0 Å². The third kappa shape index (κ3) is 51.8. The minimum atomic E-state index is -0.914. The fourth-order valence-electron chi connectivity index (χ4n) is 4.68. The number of unbranched alkanes of at least 4 members (excludes halogenated alkanes) is 22. The molecule has 0 aliphatic carbocycles. The van der Waals surface area contributed by atoms with Crippen LogP contribution in [0.4, 0.5) is 0 Å². The van der Waals surface area contributed by atoms with E-state index in [0.29, 0.717) is 24.7 Å². The number of allylic oxidation sites excluding steroid dienone is 4. The fourth-order valence-corrected chi connectivity index (χ4v) is 4.68. The molecule has 0 fully saturated rings. The molecular formula is C36H66O5Zr. The van der Waals surface area contributed by atoms with Gasteiger partial charge in [0.25, 0.3) is 0 Å². The Balaban J connectivity index is -0.000000683. The zero-order chi connectivity index (χ0) is 31.8. The van der Waals surface area contributed by atoms with Gasteiger partial charge in [-0.15, -0.1) is 0 Å². The van der Waals surface area contributed by atoms with E-state index >= 15 is 0 Å². The molecule has 0 aliphatic heterocycles. The van der Waals surface area contributed by atoms with Crippen LogP contribution in [-0.4, -0.2) is 11.9 Å². The Morgan fingerprint density at radius 2 is 0.619 bits per heavy atom. The third-order valence-corrected chi connectivity index (χ3v) is 7.29. The molecule has 244 valence electrons. The van der Waals surface area contributed by atoms with Crippen LogP contribution in [0.3, 0.4) is 0 Å². The van der Waals surface area contributed by atoms with Crippen molar-refractivity contribution in [2.45, 2.75) is 194 Å². The molecule has 0 radical (unpaired) electrons. The standard InChI is InChI=1S/2C18H34O2.O.Zr/c2*1-2-3-4-5-6-7-8-9-10-11-12-13-14-15-16-17-18(19)20;;/h2*9-10H,2-8,11-17H2,1H3,(H,19,20);;/q;;;+2/p-2/b2*10-9-;;. The molecule has 5 nitrogen and oxygen atoms in total. The number of carboxylic acid groups (broad SMARTS) is 2. The van der Waals surface area contributed by atoms with Gasteiger partial charge in [0.2, 0.25) is 0 Å². The van der Waals surface area contributed by atoms with Gasteiger partial charge in [-0.05, 0) is 77.0 Å². The van der Waals surface area contributed by atoms with E-state index in [1.54, 1.807) is 0 Å². The number of rotatable bonds is 30. The van der Waals surface area contributed by atoms with Gasteiger partial charge < -0.3 is 19.8 Å². The molecule has 0 bridgehead atoms. The third-order valence-electron chi connectivity index (χ3n) is 7.29. The Kier molecular flexibility index (Phi) is 48.3. The van der Waals surface area contributed by atoms with Gasteiger partial charge in [-0.2, -0.15) is 0 Å². The maximum atomic E-state index is 10.2. The van der Waals surface area contributed by atoms with Crippen LogP contribution in [0.25, 0.3) is 0 Å². The molecule has 0 unspecified atom stereocenters. The molecule has 0 aliphatic rings. The summed E-state index contributed by atoms with van der Waals surface area (Å²) < 4.78 is 8.34. The minimum absolute atomic E-state index is 0.220. The Labute approximate surface area is 276 Å². The molecule has 0 saturated heterocycles. The van der Waals surface area contributed by atoms with Crippen molar-refractivity contribution in [2.24, 2.45) is 0 Å². The Hall–Kier alpha value is -0.897. The molecule has 0 N–H and O–H groups in total. The molecule has 0 saturated carbocycles. The van der Waals surface area contributed by atoms with Crippen LogP contribution in [0.2, 0.25) is 0 Å². The monoisotopic (exact) mass is 668 g/mol. The summed E-state index contributed by atoms with van der Waals surface area (Å²) in [5, 5.41) is 20.4. The van der Waals surface area contributed by atoms with Crippen LogP contribution in [0.5, 0.6) is 0 Å². The van der Waals surface area contributed by atoms with E-state index in [-0.39, 0.29) is 12.8 Å². The van der Waals surface area contributed by atoms with Crippen molar-refractivity contribution in [2.75, 3.05) is 0 Å². The van der Waals surface area contributed by atoms with Gasteiger partial charge in [0.1, 0.15) is 0 Å². The van der Waals surface area contributed by atoms with Crippen LogP contribution in [0.15, 0.2) is 24.3 Å². The van der Waals surface area contributed by atoms with Crippen molar-refractivity contribution in [1.29, 1.82) is 0 Å². The molecule has 0 spiro atoms. The predicted octanol–water partition coefficient (Wildman–Crippen LogP) is 9.43. The van der Waals surface area contributed by atoms with Gasteiger partial charge in [-0.1, -0.05) is 141 Å². The van der Waals surface area contributed by atoms with Gasteiger partial charge >= 0.3 is 27.5 Å². The van der Waals surface area contributed by atoms with E-state index in [4.69, 9.17) is 2.81 Å². The molecule has 0 aromatic rings. The van der Waals surface area contributed by atoms with Crippen molar-refractivity contribution in [3.05, 3.63) is 24.3 Å². The average Bonchev–Trinajstić information content (AvgIpc) is 2.98. The first-order valence-corrected chi connectivity index (χ1v) is 18.4. The number of carbonyl (C=O) groups excluding carboxylic acids is 2. The summed E-state index contributed by atoms with van der Waals surface area (Å²) in [5.41, 5.74) is 0. The fraction of sp³-hybridized carbons (Fsp3) is 0.833. The quantitative estimate of drug-likeness (QED) is 0.0561. The van der Waals surface area contributed by atoms with Gasteiger partial charge in [0.15, 0.2) is 0 Å². The predicted molar refractivity (Wildman–Crippen MR) is 170 cm³/mol. The zero-order valence-electron chi connectivity index (χ0n) is 27.6. The number of carboxylic acids is 2. The van der Waals surface area contributed by atoms with Gasteiger partial charge in [0.05, 0.1) is 0 Å². The first kappa shape index (κ1) is 45.5. The SMILES string of the molecule is CCCCCCCC/C=C\CCCCCCCC(=O)[O-].CCCCCCCC/C=C\CCCCCCCC(=O)[O-].[O]=[Zr+2]. The summed E-state index contributed by atoms with van der Waals surface area (Å²) in [6, 6.07) is 0. The summed E-state index contributed by atoms with van der Waals surface area (Å²) in [6.45, 7) is 4.51. The Morgan fingerprint density at radius 3 is 0.857 bits per heavy atom. The number of hydrogen-bond donors (Lipinski definition) is 0. The first-order chi connectivity index (χ1) is 20.5. The normalized spacial score (nSPS) is 10.9. The summed E-state index contributed by atoms with van der Waals surface area (Å²) in [5.74, 6) is -1.83. The van der Waals surface area contributed by atoms with E-state index in [2.05, 4.69) is 38.2 Å². The number of carbonyl (C=O) groups is 2. The van der Waals surface area contributed by atoms with E-state index in [1.165, 1.54) is 128 Å². The van der Waals surface area contributed by atoms with E-state index in [1.807, 2.05) is 0 Å². The summed E-state index contributed by atoms with van der Waals surface area (Å²) in [4.78, 5) is 20.4. The summed E-state index contributed by atoms with van der Waals surface area (Å²) >= 11 is 0.300. The average molecular weight is 670 g/mol. The van der Waals surface area contributed by atoms with Crippen molar-refractivity contribution in [3.8, 4) is 0 Å². The Bertz CT molecular complexity index is 541. The zero-order valence-corrected chi connectivity index (χ0v) is 30.1. The Morgan fingerprint density at radius 1 is 0.405 bits per heavy atom. The molecule has 42 heavy (non-hydrogen) atoms. The molecule has 6 heteroatoms. The molecule has 0 aromatic carbocycles.